The van der Waals surface area contributed by atoms with E-state index < -0.39 is 55.8 Å². The molecule has 0 aromatic heterocycles. The van der Waals surface area contributed by atoms with Crippen molar-refractivity contribution >= 4 is 110 Å². The van der Waals surface area contributed by atoms with Crippen LogP contribution >= 0.6 is 0 Å². The second-order valence-electron chi connectivity index (χ2n) is 23.8. The Bertz CT molecular complexity index is 4780. The molecule has 114 heavy (non-hydrogen) atoms. The van der Waals surface area contributed by atoms with Gasteiger partial charge >= 0.3 is 11.9 Å². The Kier molecular flexibility index (Phi) is 31.4. The third-order valence-electron chi connectivity index (χ3n) is 15.7. The number of para-hydroxylation sites is 2. The minimum Gasteiger partial charge on any atom is -0.548 e. The van der Waals surface area contributed by atoms with E-state index in [9.17, 15) is 60.0 Å². The summed E-state index contributed by atoms with van der Waals surface area (Å²) in [5.41, 5.74) is 15.6. The molecule has 0 bridgehead atoms. The normalized spacial score (nSPS) is 11.8. The number of benzene rings is 10. The number of carboxylic acid groups (broad SMARTS) is 4. The third kappa shape index (κ3) is 25.4. The van der Waals surface area contributed by atoms with Gasteiger partial charge in [-0.1, -0.05) is 118 Å². The molecule has 0 spiro atoms. The summed E-state index contributed by atoms with van der Waals surface area (Å²) < 4.78 is 0. The van der Waals surface area contributed by atoms with Crippen molar-refractivity contribution in [1.82, 2.24) is 0 Å². The average Bonchev–Trinajstić information content (AvgIpc) is 0.802. The van der Waals surface area contributed by atoms with Gasteiger partial charge in [0.05, 0.1) is 86.8 Å². The van der Waals surface area contributed by atoms with Gasteiger partial charge in [0, 0.05) is 104 Å². The second-order valence-corrected chi connectivity index (χ2v) is 23.8. The number of aliphatic imine (C=N–C) groups is 6. The molecule has 0 radical (unpaired) electrons. The fourth-order valence-electron chi connectivity index (χ4n) is 10.4. The molecule has 0 amide bonds. The third-order valence-corrected chi connectivity index (χ3v) is 15.7. The molecule has 10 aromatic rings. The molecule has 0 aliphatic rings. The molecule has 32 nitrogen and oxygen atoms in total. The molecule has 0 unspecified atom stereocenters. The lowest BCUT2D eigenvalue weighted by Gasteiger charge is -2.12. The predicted octanol–water partition coefficient (Wildman–Crippen LogP) is 9.00. The van der Waals surface area contributed by atoms with Crippen molar-refractivity contribution in [2.24, 2.45) is 60.8 Å². The van der Waals surface area contributed by atoms with Crippen LogP contribution in [0.5, 0.6) is 34.5 Å². The highest BCUT2D eigenvalue weighted by Crippen LogP contribution is 2.37. The van der Waals surface area contributed by atoms with Crippen molar-refractivity contribution in [3.8, 4) is 67.9 Å². The number of carbonyl (C=O) groups is 4. The smallest absolute Gasteiger partial charge is 0.325 e. The lowest BCUT2D eigenvalue weighted by atomic mass is 9.95. The lowest BCUT2D eigenvalue weighted by Crippen LogP contribution is -2.25. The maximum atomic E-state index is 11.4. The first-order chi connectivity index (χ1) is 55.1. The van der Waals surface area contributed by atoms with Crippen molar-refractivity contribution in [1.29, 1.82) is 0 Å². The van der Waals surface area contributed by atoms with E-state index in [0.29, 0.717) is 57.6 Å². The van der Waals surface area contributed by atoms with Crippen LogP contribution in [0.15, 0.2) is 255 Å². The molecule has 14 N–H and O–H groups in total. The number of anilines is 2. The maximum Gasteiger partial charge on any atom is 0.325 e. The van der Waals surface area contributed by atoms with Crippen LogP contribution < -0.4 is 21.1 Å². The Morgan fingerprint density at radius 1 is 0.281 bits per heavy atom. The van der Waals surface area contributed by atoms with E-state index in [1.807, 2.05) is 146 Å². The number of nitrogens with zero attached hydrogens (tertiary/aromatic N) is 12. The SMILES string of the molecule is O/N=C/c1cc(-c2cc(/C=N/O)c(O)c(/C=N/O)c2)cc(/C=N/O)c1O.O=C([O-])CN=Cc1cc(-c2cc(C=NCC(=O)O)c(O)c(C=NCC(=O)O)c2)cc(C=NCC(=O)[O-])c1O.Oc1c(C=NCc2ccccc2)cc(-c2cc(/C=N/Nc3ccccc3)c(O)c(/C=N/Nc3ccccc3)c2)cc1C=NCc1ccccc1. The van der Waals surface area contributed by atoms with E-state index in [2.05, 4.69) is 71.6 Å². The number of rotatable bonds is 31. The number of phenolic OH excluding ortho intramolecular Hbond substituents is 6. The number of phenols is 6. The van der Waals surface area contributed by atoms with Crippen LogP contribution in [0.3, 0.4) is 0 Å². The highest BCUT2D eigenvalue weighted by molar-refractivity contribution is 6.02. The Morgan fingerprint density at radius 2 is 0.482 bits per heavy atom. The lowest BCUT2D eigenvalue weighted by molar-refractivity contribution is -0.304. The van der Waals surface area contributed by atoms with Crippen LogP contribution in [-0.4, -0.2) is 186 Å². The highest BCUT2D eigenvalue weighted by Gasteiger charge is 2.18. The number of carboxylic acids is 4. The highest BCUT2D eigenvalue weighted by atomic mass is 16.4. The molecule has 578 valence electrons. The van der Waals surface area contributed by atoms with Crippen LogP contribution in [0.1, 0.15) is 77.9 Å². The minimum absolute atomic E-state index is 0.0130. The second kappa shape index (κ2) is 42.9. The van der Waals surface area contributed by atoms with Crippen LogP contribution in [0.25, 0.3) is 33.4 Å². The standard InChI is InChI=1S/C42H36N6O2.C24H22N4O10.C16H14N4O6/c49-41-35(27-43-25-31-13-5-1-6-14-31)21-33(22-36(41)28-44-26-32-15-7-2-8-16-32)34-23-37(29-45-47-39-17-9-3-10-18-39)42(50)38(24-34)30-46-48-40-19-11-4-12-20-40;29-19(30)9-25-5-15-1-13(2-16(23(15)37)6-26-10-20(31)32)14-3-17(7-27-11-21(33)34)24(38)18(4-14)8-28-12-22(35)36;21-15-11(5-17-23)1-9(2-12(15)6-18-24)10-3-13(7-19-25)16(22)14(4-10)8-20-26/h1-24,27-30,47-50H,25-26H2;1-8,37-38H,9-12H2,(H,29,30)(H,31,32)(H,33,34)(H,35,36);1-8,21-26H/p-2/b43-27?,44-28?,45-29+,46-30+;;17-5+,18-6+,19-7+,20-8+. The molecule has 0 saturated heterocycles. The van der Waals surface area contributed by atoms with Gasteiger partial charge in [-0.2, -0.15) is 10.2 Å². The summed E-state index contributed by atoms with van der Waals surface area (Å²) in [6.07, 6.45) is 14.7. The maximum absolute atomic E-state index is 11.4. The topological polar surface area (TPSA) is 530 Å². The number of aromatic hydroxyl groups is 6. The number of hydrazone groups is 2. The van der Waals surface area contributed by atoms with E-state index in [0.717, 1.165) is 83.3 Å². The summed E-state index contributed by atoms with van der Waals surface area (Å²) in [4.78, 5) is 67.1. The van der Waals surface area contributed by atoms with Crippen LogP contribution in [0, 0.1) is 0 Å². The minimum atomic E-state index is -1.47. The summed E-state index contributed by atoms with van der Waals surface area (Å²) in [5.74, 6) is -6.63. The van der Waals surface area contributed by atoms with Crippen molar-refractivity contribution in [2.75, 3.05) is 37.0 Å². The van der Waals surface area contributed by atoms with Crippen LogP contribution in [0.4, 0.5) is 11.4 Å². The zero-order valence-electron chi connectivity index (χ0n) is 59.8. The summed E-state index contributed by atoms with van der Waals surface area (Å²) in [6, 6.07) is 57.9. The molecule has 0 atom stereocenters. The van der Waals surface area contributed by atoms with Crippen molar-refractivity contribution in [3.05, 3.63) is 272 Å². The van der Waals surface area contributed by atoms with Gasteiger partial charge in [-0.3, -0.25) is 50.4 Å². The predicted molar refractivity (Wildman–Crippen MR) is 429 cm³/mol. The van der Waals surface area contributed by atoms with E-state index in [1.165, 1.54) is 48.5 Å². The fraction of sp³-hybridized carbons (Fsp3) is 0.0732. The number of oxime groups is 4. The number of hydrogen-bond donors (Lipinski definition) is 14. The van der Waals surface area contributed by atoms with Gasteiger partial charge in [0.15, 0.2) is 0 Å². The van der Waals surface area contributed by atoms with Crippen molar-refractivity contribution in [2.45, 2.75) is 13.1 Å². The van der Waals surface area contributed by atoms with Crippen LogP contribution in [0.2, 0.25) is 0 Å². The largest absolute Gasteiger partial charge is 0.548 e. The molecular weight excluding hydrogens is 1470 g/mol. The summed E-state index contributed by atoms with van der Waals surface area (Å²) in [7, 11) is 0. The molecule has 10 aromatic carbocycles. The molecule has 0 aliphatic carbocycles. The average molecular weight is 1540 g/mol. The first-order valence-corrected chi connectivity index (χ1v) is 33.7. The number of carbonyl (C=O) groups excluding carboxylic acids is 2. The zero-order chi connectivity index (χ0) is 81.7. The first-order valence-electron chi connectivity index (χ1n) is 33.7. The number of nitrogens with one attached hydrogen (secondary N) is 2. The number of hydrogen-bond acceptors (Lipinski definition) is 30. The summed E-state index contributed by atoms with van der Waals surface area (Å²) in [5, 5.41) is 158. The zero-order valence-corrected chi connectivity index (χ0v) is 59.8. The molecular formula is C82H70N14O18-2. The Balaban J connectivity index is 0.000000226. The van der Waals surface area contributed by atoms with E-state index >= 15 is 0 Å². The van der Waals surface area contributed by atoms with Gasteiger partial charge in [-0.25, -0.2) is 0 Å². The molecule has 0 heterocycles. The molecule has 10 rings (SSSR count). The first kappa shape index (κ1) is 83.4. The van der Waals surface area contributed by atoms with Gasteiger partial charge in [0.25, 0.3) is 0 Å². The molecule has 32 heteroatoms. The summed E-state index contributed by atoms with van der Waals surface area (Å²) >= 11 is 0. The van der Waals surface area contributed by atoms with Crippen molar-refractivity contribution in [3.63, 3.8) is 0 Å². The van der Waals surface area contributed by atoms with E-state index in [-0.39, 0.29) is 73.3 Å². The fourth-order valence-corrected chi connectivity index (χ4v) is 10.4. The molecule has 0 aliphatic heterocycles. The van der Waals surface area contributed by atoms with Crippen LogP contribution in [-0.2, 0) is 32.3 Å². The Hall–Kier alpha value is -16.3. The Labute approximate surface area is 648 Å². The van der Waals surface area contributed by atoms with Gasteiger partial charge in [0.2, 0.25) is 0 Å². The van der Waals surface area contributed by atoms with E-state index in [1.54, 1.807) is 24.9 Å². The summed E-state index contributed by atoms with van der Waals surface area (Å²) in [6.45, 7) is -1.67. The van der Waals surface area contributed by atoms with E-state index in [4.69, 9.17) is 31.0 Å². The Morgan fingerprint density at radius 3 is 0.702 bits per heavy atom. The van der Waals surface area contributed by atoms with Gasteiger partial charge in [-0.15, -0.1) is 0 Å². The quantitative estimate of drug-likeness (QED) is 0.0109. The van der Waals surface area contributed by atoms with Gasteiger partial charge in [0.1, 0.15) is 47.6 Å². The number of aliphatic carboxylic acids is 4. The molecule has 0 saturated carbocycles. The van der Waals surface area contributed by atoms with Gasteiger partial charge in [-0.05, 0) is 142 Å². The van der Waals surface area contributed by atoms with Crippen molar-refractivity contribution < 1.29 is 91.1 Å². The molecule has 0 fully saturated rings. The monoisotopic (exact) mass is 1540 g/mol. The van der Waals surface area contributed by atoms with Gasteiger partial charge < -0.3 is 81.5 Å².